The van der Waals surface area contributed by atoms with Gasteiger partial charge in [-0.1, -0.05) is 50.6 Å². The van der Waals surface area contributed by atoms with E-state index in [1.165, 1.54) is 4.31 Å². The smallest absolute Gasteiger partial charge is 0.251 e. The number of sulfonamides is 1. The van der Waals surface area contributed by atoms with E-state index in [1.54, 1.807) is 48.5 Å². The number of nitrogens with one attached hydrogen (secondary N) is 1. The molecule has 0 aromatic heterocycles. The van der Waals surface area contributed by atoms with Crippen LogP contribution in [0, 0.1) is 12.8 Å². The molecule has 27 heavy (non-hydrogen) atoms. The number of amides is 1. The fourth-order valence-electron chi connectivity index (χ4n) is 2.59. The molecule has 0 saturated carbocycles. The Labute approximate surface area is 162 Å². The van der Waals surface area contributed by atoms with Crippen molar-refractivity contribution >= 4 is 15.9 Å². The summed E-state index contributed by atoms with van der Waals surface area (Å²) >= 11 is 0. The predicted octanol–water partition coefficient (Wildman–Crippen LogP) is 3.59. The number of aryl methyl sites for hydroxylation is 1. The molecule has 0 spiro atoms. The molecule has 5 nitrogen and oxygen atoms in total. The molecule has 146 valence electrons. The topological polar surface area (TPSA) is 66.5 Å². The van der Waals surface area contributed by atoms with Gasteiger partial charge in [0, 0.05) is 25.2 Å². The first-order chi connectivity index (χ1) is 12.7. The van der Waals surface area contributed by atoms with Gasteiger partial charge < -0.3 is 5.32 Å². The quantitative estimate of drug-likeness (QED) is 0.751. The number of hydrogen-bond acceptors (Lipinski definition) is 3. The molecule has 0 aliphatic heterocycles. The molecule has 0 aliphatic carbocycles. The molecule has 0 fully saturated rings. The lowest BCUT2D eigenvalue weighted by Gasteiger charge is -2.21. The van der Waals surface area contributed by atoms with Crippen LogP contribution in [0.4, 0.5) is 0 Å². The Balaban J connectivity index is 2.12. The highest BCUT2D eigenvalue weighted by Crippen LogP contribution is 2.19. The van der Waals surface area contributed by atoms with Crippen LogP contribution in [0.1, 0.15) is 42.3 Å². The lowest BCUT2D eigenvalue weighted by atomic mass is 10.1. The van der Waals surface area contributed by atoms with Gasteiger partial charge in [-0.2, -0.15) is 4.31 Å². The van der Waals surface area contributed by atoms with Crippen molar-refractivity contribution in [2.24, 2.45) is 5.92 Å². The number of rotatable bonds is 8. The standard InChI is InChI=1S/C21H28N2O3S/c1-5-23(27(25,26)20-12-6-17(4)7-13-20)15-18-8-10-19(11-9-18)21(24)22-14-16(2)3/h6-13,16H,5,14-15H2,1-4H3,(H,22,24). The van der Waals surface area contributed by atoms with E-state index in [9.17, 15) is 13.2 Å². The highest BCUT2D eigenvalue weighted by molar-refractivity contribution is 7.89. The van der Waals surface area contributed by atoms with Crippen molar-refractivity contribution in [3.63, 3.8) is 0 Å². The SMILES string of the molecule is CCN(Cc1ccc(C(=O)NCC(C)C)cc1)S(=O)(=O)c1ccc(C)cc1. The van der Waals surface area contributed by atoms with Crippen LogP contribution in [-0.2, 0) is 16.6 Å². The normalized spacial score (nSPS) is 11.8. The number of nitrogens with zero attached hydrogens (tertiary/aromatic N) is 1. The second-order valence-electron chi connectivity index (χ2n) is 7.05. The zero-order valence-electron chi connectivity index (χ0n) is 16.4. The van der Waals surface area contributed by atoms with E-state index in [1.807, 2.05) is 27.7 Å². The van der Waals surface area contributed by atoms with E-state index in [-0.39, 0.29) is 12.5 Å². The van der Waals surface area contributed by atoms with Gasteiger partial charge in [0.15, 0.2) is 0 Å². The molecule has 0 aliphatic rings. The van der Waals surface area contributed by atoms with Gasteiger partial charge in [-0.05, 0) is 42.7 Å². The number of benzene rings is 2. The van der Waals surface area contributed by atoms with E-state index in [2.05, 4.69) is 5.32 Å². The summed E-state index contributed by atoms with van der Waals surface area (Å²) in [5, 5.41) is 2.87. The maximum Gasteiger partial charge on any atom is 0.251 e. The van der Waals surface area contributed by atoms with Crippen LogP contribution in [0.15, 0.2) is 53.4 Å². The van der Waals surface area contributed by atoms with Crippen molar-refractivity contribution in [1.82, 2.24) is 9.62 Å². The van der Waals surface area contributed by atoms with E-state index >= 15 is 0 Å². The molecular formula is C21H28N2O3S. The molecule has 0 bridgehead atoms. The lowest BCUT2D eigenvalue weighted by Crippen LogP contribution is -2.30. The number of carbonyl (C=O) groups is 1. The molecule has 1 N–H and O–H groups in total. The zero-order chi connectivity index (χ0) is 20.0. The van der Waals surface area contributed by atoms with Gasteiger partial charge in [0.05, 0.1) is 4.90 Å². The van der Waals surface area contributed by atoms with Gasteiger partial charge in [0.25, 0.3) is 5.91 Å². The summed E-state index contributed by atoms with van der Waals surface area (Å²) in [7, 11) is -3.56. The van der Waals surface area contributed by atoms with Crippen molar-refractivity contribution in [2.75, 3.05) is 13.1 Å². The zero-order valence-corrected chi connectivity index (χ0v) is 17.2. The van der Waals surface area contributed by atoms with Gasteiger partial charge in [-0.15, -0.1) is 0 Å². The summed E-state index contributed by atoms with van der Waals surface area (Å²) in [4.78, 5) is 12.4. The van der Waals surface area contributed by atoms with E-state index in [4.69, 9.17) is 0 Å². The van der Waals surface area contributed by atoms with Crippen molar-refractivity contribution in [3.05, 3.63) is 65.2 Å². The Kier molecular flexibility index (Phi) is 7.16. The van der Waals surface area contributed by atoms with Gasteiger partial charge in [0.2, 0.25) is 10.0 Å². The summed E-state index contributed by atoms with van der Waals surface area (Å²) in [6.07, 6.45) is 0. The first-order valence-corrected chi connectivity index (χ1v) is 10.6. The summed E-state index contributed by atoms with van der Waals surface area (Å²) in [6.45, 7) is 9.08. The Morgan fingerprint density at radius 3 is 2.15 bits per heavy atom. The van der Waals surface area contributed by atoms with Crippen LogP contribution in [0.3, 0.4) is 0 Å². The monoisotopic (exact) mass is 388 g/mol. The Bertz CT molecular complexity index is 857. The second-order valence-corrected chi connectivity index (χ2v) is 8.98. The van der Waals surface area contributed by atoms with Gasteiger partial charge in [-0.3, -0.25) is 4.79 Å². The van der Waals surface area contributed by atoms with Crippen molar-refractivity contribution in [3.8, 4) is 0 Å². The molecular weight excluding hydrogens is 360 g/mol. The molecule has 0 unspecified atom stereocenters. The van der Waals surface area contributed by atoms with Crippen LogP contribution in [0.5, 0.6) is 0 Å². The largest absolute Gasteiger partial charge is 0.352 e. The number of hydrogen-bond donors (Lipinski definition) is 1. The summed E-state index contributed by atoms with van der Waals surface area (Å²) in [5.41, 5.74) is 2.43. The molecule has 6 heteroatoms. The highest BCUT2D eigenvalue weighted by Gasteiger charge is 2.23. The third-order valence-electron chi connectivity index (χ3n) is 4.26. The Morgan fingerprint density at radius 1 is 1.04 bits per heavy atom. The van der Waals surface area contributed by atoms with Gasteiger partial charge >= 0.3 is 0 Å². The van der Waals surface area contributed by atoms with Crippen molar-refractivity contribution < 1.29 is 13.2 Å². The van der Waals surface area contributed by atoms with Crippen LogP contribution < -0.4 is 5.32 Å². The van der Waals surface area contributed by atoms with Crippen molar-refractivity contribution in [1.29, 1.82) is 0 Å². The van der Waals surface area contributed by atoms with Crippen LogP contribution in [-0.4, -0.2) is 31.7 Å². The van der Waals surface area contributed by atoms with E-state index in [0.717, 1.165) is 11.1 Å². The third-order valence-corrected chi connectivity index (χ3v) is 6.19. The van der Waals surface area contributed by atoms with Crippen LogP contribution >= 0.6 is 0 Å². The summed E-state index contributed by atoms with van der Waals surface area (Å²) < 4.78 is 27.2. The molecule has 2 aromatic rings. The fourth-order valence-corrected chi connectivity index (χ4v) is 4.03. The summed E-state index contributed by atoms with van der Waals surface area (Å²) in [5.74, 6) is 0.271. The van der Waals surface area contributed by atoms with Crippen LogP contribution in [0.25, 0.3) is 0 Å². The predicted molar refractivity (Wildman–Crippen MR) is 108 cm³/mol. The molecule has 0 heterocycles. The summed E-state index contributed by atoms with van der Waals surface area (Å²) in [6, 6.07) is 13.9. The van der Waals surface area contributed by atoms with E-state index < -0.39 is 10.0 Å². The first-order valence-electron chi connectivity index (χ1n) is 9.18. The number of carbonyl (C=O) groups excluding carboxylic acids is 1. The Morgan fingerprint density at radius 2 is 1.63 bits per heavy atom. The Hall–Kier alpha value is -2.18. The molecule has 0 atom stereocenters. The van der Waals surface area contributed by atoms with Crippen molar-refractivity contribution in [2.45, 2.75) is 39.1 Å². The van der Waals surface area contributed by atoms with Gasteiger partial charge in [0.1, 0.15) is 0 Å². The van der Waals surface area contributed by atoms with Gasteiger partial charge in [-0.25, -0.2) is 8.42 Å². The van der Waals surface area contributed by atoms with E-state index in [0.29, 0.717) is 29.5 Å². The molecule has 1 amide bonds. The second kappa shape index (κ2) is 9.15. The minimum atomic E-state index is -3.56. The minimum Gasteiger partial charge on any atom is -0.352 e. The molecule has 0 saturated heterocycles. The highest BCUT2D eigenvalue weighted by atomic mass is 32.2. The maximum absolute atomic E-state index is 12.9. The maximum atomic E-state index is 12.9. The minimum absolute atomic E-state index is 0.116. The molecule has 2 aromatic carbocycles. The molecule has 2 rings (SSSR count). The lowest BCUT2D eigenvalue weighted by molar-refractivity contribution is 0.0949. The first kappa shape index (κ1) is 21.1. The molecule has 0 radical (unpaired) electrons. The average Bonchev–Trinajstić information content (AvgIpc) is 2.64. The third kappa shape index (κ3) is 5.65. The average molecular weight is 389 g/mol. The fraction of sp³-hybridized carbons (Fsp3) is 0.381. The van der Waals surface area contributed by atoms with Crippen LogP contribution in [0.2, 0.25) is 0 Å².